The second kappa shape index (κ2) is 14.5. The predicted molar refractivity (Wildman–Crippen MR) is 168 cm³/mol. The molecule has 5 rings (SSSR count). The number of carbonyl (C=O) groups is 3. The van der Waals surface area contributed by atoms with Gasteiger partial charge in [-0.15, -0.1) is 0 Å². The van der Waals surface area contributed by atoms with Gasteiger partial charge in [0.1, 0.15) is 11.5 Å². The van der Waals surface area contributed by atoms with Crippen LogP contribution >= 0.6 is 0 Å². The summed E-state index contributed by atoms with van der Waals surface area (Å²) in [6.45, 7) is 2.09. The third-order valence-corrected chi connectivity index (χ3v) is 7.70. The highest BCUT2D eigenvalue weighted by molar-refractivity contribution is 6.01. The largest absolute Gasteiger partial charge is 0.490 e. The highest BCUT2D eigenvalue weighted by Crippen LogP contribution is 2.30. The van der Waals surface area contributed by atoms with Crippen LogP contribution < -0.4 is 20.1 Å². The first kappa shape index (κ1) is 30.5. The summed E-state index contributed by atoms with van der Waals surface area (Å²) in [5.74, 6) is 0.561. The fourth-order valence-electron chi connectivity index (χ4n) is 5.35. The van der Waals surface area contributed by atoms with Crippen molar-refractivity contribution in [3.8, 4) is 17.4 Å². The SMILES string of the molecule is CCCCC(=O)NC1CCC(Oc2ccc3cc(Oc4ccc(CC(=O)Nc5ccccc5C(=O)O)cn4)ccc3c2)CC1. The minimum atomic E-state index is -1.11. The summed E-state index contributed by atoms with van der Waals surface area (Å²) < 4.78 is 12.2. The minimum absolute atomic E-state index is 0.0324. The van der Waals surface area contributed by atoms with Crippen molar-refractivity contribution < 1.29 is 29.0 Å². The molecule has 1 saturated carbocycles. The number of nitrogens with one attached hydrogen (secondary N) is 2. The number of ether oxygens (including phenoxy) is 2. The molecule has 1 heterocycles. The van der Waals surface area contributed by atoms with Gasteiger partial charge >= 0.3 is 5.97 Å². The molecule has 1 aromatic heterocycles. The maximum Gasteiger partial charge on any atom is 0.337 e. The van der Waals surface area contributed by atoms with Crippen molar-refractivity contribution in [1.82, 2.24) is 10.3 Å². The van der Waals surface area contributed by atoms with Crippen molar-refractivity contribution in [3.05, 3.63) is 90.1 Å². The van der Waals surface area contributed by atoms with E-state index >= 15 is 0 Å². The van der Waals surface area contributed by atoms with Crippen molar-refractivity contribution in [1.29, 1.82) is 0 Å². The fraction of sp³-hybridized carbons (Fsp3) is 0.314. The molecule has 4 aromatic rings. The van der Waals surface area contributed by atoms with Crippen LogP contribution in [0.3, 0.4) is 0 Å². The van der Waals surface area contributed by atoms with E-state index < -0.39 is 5.97 Å². The normalized spacial score (nSPS) is 16.2. The van der Waals surface area contributed by atoms with Crippen LogP contribution in [0.2, 0.25) is 0 Å². The van der Waals surface area contributed by atoms with Gasteiger partial charge in [-0.3, -0.25) is 9.59 Å². The Kier molecular flexibility index (Phi) is 10.1. The van der Waals surface area contributed by atoms with E-state index in [0.29, 0.717) is 23.6 Å². The quantitative estimate of drug-likeness (QED) is 0.163. The van der Waals surface area contributed by atoms with Gasteiger partial charge < -0.3 is 25.2 Å². The van der Waals surface area contributed by atoms with Gasteiger partial charge in [0.2, 0.25) is 17.7 Å². The number of rotatable bonds is 12. The van der Waals surface area contributed by atoms with Crippen molar-refractivity contribution >= 4 is 34.2 Å². The molecule has 3 N–H and O–H groups in total. The Labute approximate surface area is 256 Å². The summed E-state index contributed by atoms with van der Waals surface area (Å²) >= 11 is 0. The molecular weight excluding hydrogens is 558 g/mol. The number of para-hydroxylation sites is 1. The molecule has 228 valence electrons. The summed E-state index contributed by atoms with van der Waals surface area (Å²) in [4.78, 5) is 40.2. The minimum Gasteiger partial charge on any atom is -0.490 e. The number of aromatic nitrogens is 1. The highest BCUT2D eigenvalue weighted by atomic mass is 16.5. The number of nitrogens with zero attached hydrogens (tertiary/aromatic N) is 1. The van der Waals surface area contributed by atoms with Crippen molar-refractivity contribution in [2.75, 3.05) is 5.32 Å². The van der Waals surface area contributed by atoms with Gasteiger partial charge in [0, 0.05) is 24.7 Å². The zero-order chi connectivity index (χ0) is 30.9. The van der Waals surface area contributed by atoms with Crippen LogP contribution in [-0.4, -0.2) is 40.0 Å². The first-order valence-corrected chi connectivity index (χ1v) is 15.1. The summed E-state index contributed by atoms with van der Waals surface area (Å²) in [5.41, 5.74) is 0.948. The van der Waals surface area contributed by atoms with E-state index in [0.717, 1.165) is 55.0 Å². The average molecular weight is 596 g/mol. The molecule has 44 heavy (non-hydrogen) atoms. The number of carbonyl (C=O) groups excluding carboxylic acids is 2. The Balaban J connectivity index is 1.12. The van der Waals surface area contributed by atoms with Gasteiger partial charge in [-0.2, -0.15) is 0 Å². The Morgan fingerprint density at radius 1 is 0.886 bits per heavy atom. The molecule has 1 fully saturated rings. The summed E-state index contributed by atoms with van der Waals surface area (Å²) in [5, 5.41) is 17.2. The first-order valence-electron chi connectivity index (χ1n) is 15.1. The Morgan fingerprint density at radius 3 is 2.32 bits per heavy atom. The summed E-state index contributed by atoms with van der Waals surface area (Å²) in [6.07, 6.45) is 8.00. The Bertz CT molecular complexity index is 1610. The van der Waals surface area contributed by atoms with E-state index in [-0.39, 0.29) is 41.6 Å². The summed E-state index contributed by atoms with van der Waals surface area (Å²) in [6, 6.07) is 21.8. The van der Waals surface area contributed by atoms with Crippen molar-refractivity contribution in [2.24, 2.45) is 0 Å². The number of fused-ring (bicyclic) bond motifs is 1. The smallest absolute Gasteiger partial charge is 0.337 e. The standard InChI is InChI=1S/C35H37N3O6/c1-2-3-8-32(39)37-26-12-16-27(17-13-26)43-28-14-10-25-21-29(15-11-24(25)20-28)44-34-18-9-23(22-36-34)19-33(40)38-31-7-5-4-6-30(31)35(41)42/h4-7,9-11,14-15,18,20-22,26-27H,2-3,8,12-13,16-17,19H2,1H3,(H,37,39)(H,38,40)(H,41,42). The van der Waals surface area contributed by atoms with Crippen LogP contribution in [0.15, 0.2) is 79.0 Å². The number of amides is 2. The van der Waals surface area contributed by atoms with E-state index in [1.54, 1.807) is 36.5 Å². The number of unbranched alkanes of at least 4 members (excludes halogenated alkanes) is 1. The second-order valence-electron chi connectivity index (χ2n) is 11.1. The lowest BCUT2D eigenvalue weighted by molar-refractivity contribution is -0.122. The molecule has 9 nitrogen and oxygen atoms in total. The number of pyridine rings is 1. The molecule has 0 aliphatic heterocycles. The van der Waals surface area contributed by atoms with E-state index in [4.69, 9.17) is 9.47 Å². The number of hydrogen-bond acceptors (Lipinski definition) is 6. The van der Waals surface area contributed by atoms with Gasteiger partial charge in [0.05, 0.1) is 23.8 Å². The van der Waals surface area contributed by atoms with Crippen LogP contribution in [0, 0.1) is 0 Å². The fourth-order valence-corrected chi connectivity index (χ4v) is 5.35. The molecule has 3 aromatic carbocycles. The maximum absolute atomic E-state index is 12.5. The third kappa shape index (κ3) is 8.34. The van der Waals surface area contributed by atoms with Gasteiger partial charge in [0.15, 0.2) is 0 Å². The van der Waals surface area contributed by atoms with Gasteiger partial charge in [-0.1, -0.05) is 43.7 Å². The van der Waals surface area contributed by atoms with Crippen LogP contribution in [0.5, 0.6) is 17.4 Å². The van der Waals surface area contributed by atoms with E-state index in [9.17, 15) is 19.5 Å². The van der Waals surface area contributed by atoms with Crippen molar-refractivity contribution in [2.45, 2.75) is 70.4 Å². The zero-order valence-corrected chi connectivity index (χ0v) is 24.8. The molecular formula is C35H37N3O6. The van der Waals surface area contributed by atoms with Gasteiger partial charge in [0.25, 0.3) is 0 Å². The Morgan fingerprint density at radius 2 is 1.61 bits per heavy atom. The second-order valence-corrected chi connectivity index (χ2v) is 11.1. The topological polar surface area (TPSA) is 127 Å². The van der Waals surface area contributed by atoms with Gasteiger partial charge in [-0.05, 0) is 84.8 Å². The zero-order valence-electron chi connectivity index (χ0n) is 24.8. The molecule has 0 atom stereocenters. The monoisotopic (exact) mass is 595 g/mol. The number of carboxylic acids is 1. The average Bonchev–Trinajstić information content (AvgIpc) is 3.02. The molecule has 0 radical (unpaired) electrons. The van der Waals surface area contributed by atoms with Crippen LogP contribution in [0.25, 0.3) is 10.8 Å². The number of benzene rings is 3. The molecule has 2 amide bonds. The van der Waals surface area contributed by atoms with Crippen molar-refractivity contribution in [3.63, 3.8) is 0 Å². The lowest BCUT2D eigenvalue weighted by atomic mass is 9.92. The van der Waals surface area contributed by atoms with E-state index in [1.165, 1.54) is 6.07 Å². The highest BCUT2D eigenvalue weighted by Gasteiger charge is 2.23. The molecule has 0 bridgehead atoms. The third-order valence-electron chi connectivity index (χ3n) is 7.70. The maximum atomic E-state index is 12.5. The lowest BCUT2D eigenvalue weighted by Gasteiger charge is -2.29. The molecule has 0 spiro atoms. The summed E-state index contributed by atoms with van der Waals surface area (Å²) in [7, 11) is 0. The van der Waals surface area contributed by atoms with E-state index in [1.807, 2.05) is 36.4 Å². The first-order chi connectivity index (χ1) is 21.4. The Hall–Kier alpha value is -4.92. The molecule has 1 aliphatic rings. The number of aromatic carboxylic acids is 1. The number of hydrogen-bond donors (Lipinski definition) is 3. The molecule has 0 saturated heterocycles. The van der Waals surface area contributed by atoms with E-state index in [2.05, 4.69) is 22.5 Å². The van der Waals surface area contributed by atoms with Crippen LogP contribution in [0.4, 0.5) is 5.69 Å². The van der Waals surface area contributed by atoms with Gasteiger partial charge in [-0.25, -0.2) is 9.78 Å². The number of anilines is 1. The number of carboxylic acid groups (broad SMARTS) is 1. The molecule has 1 aliphatic carbocycles. The van der Waals surface area contributed by atoms with Crippen LogP contribution in [0.1, 0.15) is 67.8 Å². The predicted octanol–water partition coefficient (Wildman–Crippen LogP) is 6.90. The molecule has 9 heteroatoms. The molecule has 0 unspecified atom stereocenters. The lowest BCUT2D eigenvalue weighted by Crippen LogP contribution is -2.39. The van der Waals surface area contributed by atoms with Crippen LogP contribution in [-0.2, 0) is 16.0 Å².